The van der Waals surface area contributed by atoms with Crippen molar-refractivity contribution in [1.82, 2.24) is 14.5 Å². The Morgan fingerprint density at radius 2 is 2.00 bits per heavy atom. The highest BCUT2D eigenvalue weighted by atomic mass is 16.8. The van der Waals surface area contributed by atoms with Crippen LogP contribution in [0, 0.1) is 6.92 Å². The highest BCUT2D eigenvalue weighted by Crippen LogP contribution is 2.56. The summed E-state index contributed by atoms with van der Waals surface area (Å²) in [6.07, 6.45) is 1.36. The Hall–Kier alpha value is -1.46. The van der Waals surface area contributed by atoms with E-state index in [4.69, 9.17) is 14.5 Å². The molecule has 2 aromatic rings. The molecule has 5 rings (SSSR count). The molecule has 1 saturated heterocycles. The maximum Gasteiger partial charge on any atom is 0.163 e. The zero-order valence-corrected chi connectivity index (χ0v) is 11.8. The summed E-state index contributed by atoms with van der Waals surface area (Å²) in [7, 11) is 0. The maximum absolute atomic E-state index is 6.11. The number of ether oxygens (including phenoxy) is 2. The molecule has 3 aliphatic rings. The van der Waals surface area contributed by atoms with E-state index in [2.05, 4.69) is 15.6 Å². The molecule has 0 N–H and O–H groups in total. The first-order valence-corrected chi connectivity index (χ1v) is 7.25. The van der Waals surface area contributed by atoms with Crippen LogP contribution in [-0.4, -0.2) is 32.5 Å². The van der Waals surface area contributed by atoms with Gasteiger partial charge in [0.05, 0.1) is 12.1 Å². The van der Waals surface area contributed by atoms with Crippen LogP contribution in [-0.2, 0) is 9.47 Å². The summed E-state index contributed by atoms with van der Waals surface area (Å²) in [6, 6.07) is 4.40. The Labute approximate surface area is 116 Å². The Balaban J connectivity index is 1.71. The van der Waals surface area contributed by atoms with Gasteiger partial charge in [-0.05, 0) is 39.3 Å². The number of aromatic nitrogens is 3. The standard InChI is InChI=1S/C15H17N3O2/c1-7-4-5-9-14(16-7)18-10-6-8(13(18)17-9)11-12(10)20-15(2,3)19-11/h4-5,8,10-12H,6H2,1-3H3/t8-,10+,11+,12-/m0/s1. The number of imidazole rings is 1. The molecule has 0 amide bonds. The van der Waals surface area contributed by atoms with Crippen LogP contribution in [0.15, 0.2) is 12.1 Å². The minimum Gasteiger partial charge on any atom is -0.344 e. The fourth-order valence-corrected chi connectivity index (χ4v) is 4.13. The minimum atomic E-state index is -0.477. The van der Waals surface area contributed by atoms with E-state index < -0.39 is 5.79 Å². The first kappa shape index (κ1) is 11.2. The summed E-state index contributed by atoms with van der Waals surface area (Å²) in [4.78, 5) is 9.47. The number of aryl methyl sites for hydroxylation is 1. The van der Waals surface area contributed by atoms with E-state index in [1.54, 1.807) is 0 Å². The van der Waals surface area contributed by atoms with E-state index in [9.17, 15) is 0 Å². The van der Waals surface area contributed by atoms with Crippen LogP contribution in [0.2, 0.25) is 0 Å². The first-order chi connectivity index (χ1) is 9.53. The lowest BCUT2D eigenvalue weighted by Crippen LogP contribution is -2.32. The van der Waals surface area contributed by atoms with Gasteiger partial charge < -0.3 is 14.0 Å². The Morgan fingerprint density at radius 3 is 2.85 bits per heavy atom. The SMILES string of the molecule is Cc1ccc2nc3n(c2n1)[C@@H]1C[C@H]3[C@H]2OC(C)(C)O[C@H]21. The summed E-state index contributed by atoms with van der Waals surface area (Å²) in [5.74, 6) is 1.00. The molecule has 1 aliphatic carbocycles. The van der Waals surface area contributed by atoms with Crippen molar-refractivity contribution in [2.24, 2.45) is 0 Å². The summed E-state index contributed by atoms with van der Waals surface area (Å²) >= 11 is 0. The summed E-state index contributed by atoms with van der Waals surface area (Å²) in [6.45, 7) is 6.01. The predicted molar refractivity (Wildman–Crippen MR) is 72.5 cm³/mol. The zero-order valence-electron chi connectivity index (χ0n) is 11.8. The largest absolute Gasteiger partial charge is 0.344 e. The second kappa shape index (κ2) is 3.23. The van der Waals surface area contributed by atoms with Crippen molar-refractivity contribution in [2.75, 3.05) is 0 Å². The Kier molecular flexibility index (Phi) is 1.81. The van der Waals surface area contributed by atoms with Crippen LogP contribution in [0.5, 0.6) is 0 Å². The highest BCUT2D eigenvalue weighted by Gasteiger charge is 2.60. The third-order valence-corrected chi connectivity index (χ3v) is 4.80. The molecule has 2 bridgehead atoms. The Morgan fingerprint density at radius 1 is 1.20 bits per heavy atom. The van der Waals surface area contributed by atoms with Crippen LogP contribution in [0.4, 0.5) is 0 Å². The second-order valence-corrected chi connectivity index (χ2v) is 6.61. The van der Waals surface area contributed by atoms with Crippen LogP contribution in [0.3, 0.4) is 0 Å². The van der Waals surface area contributed by atoms with Crippen LogP contribution < -0.4 is 0 Å². The van der Waals surface area contributed by atoms with Crippen molar-refractivity contribution in [2.45, 2.75) is 57.1 Å². The fraction of sp³-hybridized carbons (Fsp3) is 0.600. The van der Waals surface area contributed by atoms with Crippen molar-refractivity contribution < 1.29 is 9.47 Å². The smallest absolute Gasteiger partial charge is 0.163 e. The zero-order chi connectivity index (χ0) is 13.6. The lowest BCUT2D eigenvalue weighted by atomic mass is 10.0. The van der Waals surface area contributed by atoms with Gasteiger partial charge in [0.15, 0.2) is 11.4 Å². The first-order valence-electron chi connectivity index (χ1n) is 7.25. The molecule has 1 saturated carbocycles. The number of hydrogen-bond donors (Lipinski definition) is 0. The molecule has 2 aliphatic heterocycles. The lowest BCUT2D eigenvalue weighted by molar-refractivity contribution is -0.154. The van der Waals surface area contributed by atoms with Crippen molar-refractivity contribution >= 4 is 11.2 Å². The molecular formula is C15H17N3O2. The van der Waals surface area contributed by atoms with Gasteiger partial charge in [0.1, 0.15) is 17.4 Å². The topological polar surface area (TPSA) is 49.2 Å². The monoisotopic (exact) mass is 271 g/mol. The molecule has 4 atom stereocenters. The van der Waals surface area contributed by atoms with Crippen molar-refractivity contribution in [3.8, 4) is 0 Å². The van der Waals surface area contributed by atoms with Gasteiger partial charge in [0, 0.05) is 11.6 Å². The van der Waals surface area contributed by atoms with Crippen molar-refractivity contribution in [1.29, 1.82) is 0 Å². The van der Waals surface area contributed by atoms with E-state index in [1.807, 2.05) is 26.8 Å². The molecule has 104 valence electrons. The fourth-order valence-electron chi connectivity index (χ4n) is 4.13. The van der Waals surface area contributed by atoms with Gasteiger partial charge in [0.2, 0.25) is 0 Å². The van der Waals surface area contributed by atoms with E-state index >= 15 is 0 Å². The van der Waals surface area contributed by atoms with E-state index in [0.29, 0.717) is 12.0 Å². The second-order valence-electron chi connectivity index (χ2n) is 6.61. The van der Waals surface area contributed by atoms with E-state index in [-0.39, 0.29) is 12.2 Å². The van der Waals surface area contributed by atoms with Gasteiger partial charge in [0.25, 0.3) is 0 Å². The molecule has 5 nitrogen and oxygen atoms in total. The van der Waals surface area contributed by atoms with Gasteiger partial charge in [-0.15, -0.1) is 0 Å². The van der Waals surface area contributed by atoms with Gasteiger partial charge in [-0.25, -0.2) is 9.97 Å². The van der Waals surface area contributed by atoms with E-state index in [1.165, 1.54) is 0 Å². The van der Waals surface area contributed by atoms with Crippen LogP contribution >= 0.6 is 0 Å². The summed E-state index contributed by atoms with van der Waals surface area (Å²) in [5, 5.41) is 0. The summed E-state index contributed by atoms with van der Waals surface area (Å²) < 4.78 is 14.5. The van der Waals surface area contributed by atoms with Gasteiger partial charge >= 0.3 is 0 Å². The summed E-state index contributed by atoms with van der Waals surface area (Å²) in [5.41, 5.74) is 3.02. The van der Waals surface area contributed by atoms with Crippen molar-refractivity contribution in [3.63, 3.8) is 0 Å². The molecule has 0 unspecified atom stereocenters. The number of fused-ring (bicyclic) bond motifs is 10. The molecule has 0 aromatic carbocycles. The molecule has 0 spiro atoms. The molecule has 0 radical (unpaired) electrons. The number of nitrogens with zero attached hydrogens (tertiary/aromatic N) is 3. The average Bonchev–Trinajstić information content (AvgIpc) is 3.04. The molecule has 20 heavy (non-hydrogen) atoms. The predicted octanol–water partition coefficient (Wildman–Crippen LogP) is 2.30. The molecule has 2 aromatic heterocycles. The van der Waals surface area contributed by atoms with Gasteiger partial charge in [-0.1, -0.05) is 0 Å². The number of pyridine rings is 1. The highest BCUT2D eigenvalue weighted by molar-refractivity contribution is 5.73. The third-order valence-electron chi connectivity index (χ3n) is 4.80. The van der Waals surface area contributed by atoms with Crippen molar-refractivity contribution in [3.05, 3.63) is 23.7 Å². The van der Waals surface area contributed by atoms with E-state index in [0.717, 1.165) is 29.1 Å². The van der Waals surface area contributed by atoms with Gasteiger partial charge in [-0.2, -0.15) is 0 Å². The molecule has 5 heteroatoms. The number of rotatable bonds is 0. The van der Waals surface area contributed by atoms with Crippen LogP contribution in [0.25, 0.3) is 11.2 Å². The normalized spacial score (nSPS) is 36.5. The molecule has 4 heterocycles. The quantitative estimate of drug-likeness (QED) is 0.737. The molecule has 2 fully saturated rings. The maximum atomic E-state index is 6.11. The Bertz CT molecular complexity index is 736. The van der Waals surface area contributed by atoms with Crippen LogP contribution in [0.1, 0.15) is 43.7 Å². The third kappa shape index (κ3) is 1.21. The van der Waals surface area contributed by atoms with Gasteiger partial charge in [-0.3, -0.25) is 0 Å². The number of hydrogen-bond acceptors (Lipinski definition) is 4. The average molecular weight is 271 g/mol. The molecular weight excluding hydrogens is 254 g/mol. The lowest BCUT2D eigenvalue weighted by Gasteiger charge is -2.23. The minimum absolute atomic E-state index is 0.141.